The van der Waals surface area contributed by atoms with E-state index in [1.165, 1.54) is 10.8 Å². The SMILES string of the molecule is O=C1COc2ccccc2N1.c1ccc2ccccc2c1. The lowest BCUT2D eigenvalue weighted by molar-refractivity contribution is -0.118. The Morgan fingerprint density at radius 1 is 0.762 bits per heavy atom. The summed E-state index contributed by atoms with van der Waals surface area (Å²) in [5.41, 5.74) is 0.753. The zero-order valence-electron chi connectivity index (χ0n) is 11.5. The molecule has 0 fully saturated rings. The van der Waals surface area contributed by atoms with E-state index in [4.69, 9.17) is 4.74 Å². The lowest BCUT2D eigenvalue weighted by atomic mass is 10.1. The van der Waals surface area contributed by atoms with Gasteiger partial charge >= 0.3 is 0 Å². The standard InChI is InChI=1S/C10H8.C8H7NO2/c1-2-6-10-8-4-3-7-9(10)5-1;10-8-5-11-7-4-2-1-3-6(7)9-8/h1-8H;1-4H,5H2,(H,9,10). The topological polar surface area (TPSA) is 38.3 Å². The second kappa shape index (κ2) is 6.09. The number of anilines is 1. The summed E-state index contributed by atoms with van der Waals surface area (Å²) in [6.45, 7) is 0.122. The molecule has 1 aliphatic rings. The van der Waals surface area contributed by atoms with Crippen LogP contribution in [-0.4, -0.2) is 12.5 Å². The van der Waals surface area contributed by atoms with Crippen LogP contribution >= 0.6 is 0 Å². The highest BCUT2D eigenvalue weighted by Crippen LogP contribution is 2.25. The molecule has 3 nitrogen and oxygen atoms in total. The minimum Gasteiger partial charge on any atom is -0.482 e. The van der Waals surface area contributed by atoms with Gasteiger partial charge in [-0.2, -0.15) is 0 Å². The van der Waals surface area contributed by atoms with Crippen molar-refractivity contribution in [3.63, 3.8) is 0 Å². The second-order valence-corrected chi connectivity index (χ2v) is 4.68. The summed E-state index contributed by atoms with van der Waals surface area (Å²) in [7, 11) is 0. The summed E-state index contributed by atoms with van der Waals surface area (Å²) in [5.74, 6) is 0.649. The molecule has 0 unspecified atom stereocenters. The van der Waals surface area contributed by atoms with E-state index in [0.717, 1.165) is 11.4 Å². The molecule has 0 aromatic heterocycles. The molecule has 1 aliphatic heterocycles. The highest BCUT2D eigenvalue weighted by Gasteiger charge is 2.13. The monoisotopic (exact) mass is 277 g/mol. The number of ether oxygens (including phenoxy) is 1. The van der Waals surface area contributed by atoms with E-state index in [1.54, 1.807) is 0 Å². The van der Waals surface area contributed by atoms with Crippen LogP contribution in [0.15, 0.2) is 72.8 Å². The van der Waals surface area contributed by atoms with E-state index in [2.05, 4.69) is 53.8 Å². The van der Waals surface area contributed by atoms with Gasteiger partial charge in [0.25, 0.3) is 5.91 Å². The van der Waals surface area contributed by atoms with Crippen LogP contribution in [0, 0.1) is 0 Å². The molecule has 1 heterocycles. The number of carbonyl (C=O) groups excluding carboxylic acids is 1. The zero-order chi connectivity index (χ0) is 14.5. The summed E-state index contributed by atoms with van der Waals surface area (Å²) in [5, 5.41) is 5.32. The van der Waals surface area contributed by atoms with Gasteiger partial charge in [0.2, 0.25) is 0 Å². The molecule has 0 radical (unpaired) electrons. The van der Waals surface area contributed by atoms with Crippen LogP contribution in [0.5, 0.6) is 5.75 Å². The number of fused-ring (bicyclic) bond motifs is 2. The summed E-state index contributed by atoms with van der Waals surface area (Å²) < 4.78 is 5.12. The Morgan fingerprint density at radius 2 is 1.29 bits per heavy atom. The molecular formula is C18H15NO2. The molecule has 3 aromatic rings. The third-order valence-electron chi connectivity index (χ3n) is 3.18. The van der Waals surface area contributed by atoms with Gasteiger partial charge in [-0.1, -0.05) is 60.7 Å². The normalized spacial score (nSPS) is 12.5. The Bertz CT molecular complexity index is 702. The fourth-order valence-electron chi connectivity index (χ4n) is 2.16. The molecule has 0 saturated carbocycles. The van der Waals surface area contributed by atoms with Crippen molar-refractivity contribution in [1.82, 2.24) is 0 Å². The largest absolute Gasteiger partial charge is 0.482 e. The van der Waals surface area contributed by atoms with Gasteiger partial charge in [0.1, 0.15) is 5.75 Å². The molecule has 3 heteroatoms. The highest BCUT2D eigenvalue weighted by atomic mass is 16.5. The van der Waals surface area contributed by atoms with Crippen LogP contribution in [0.25, 0.3) is 10.8 Å². The first-order valence-corrected chi connectivity index (χ1v) is 6.78. The van der Waals surface area contributed by atoms with Crippen molar-refractivity contribution in [2.75, 3.05) is 11.9 Å². The van der Waals surface area contributed by atoms with E-state index >= 15 is 0 Å². The molecule has 1 N–H and O–H groups in total. The van der Waals surface area contributed by atoms with Crippen LogP contribution in [0.2, 0.25) is 0 Å². The maximum absolute atomic E-state index is 10.8. The smallest absolute Gasteiger partial charge is 0.262 e. The summed E-state index contributed by atoms with van der Waals surface area (Å²) in [6.07, 6.45) is 0. The second-order valence-electron chi connectivity index (χ2n) is 4.68. The van der Waals surface area contributed by atoms with Gasteiger partial charge < -0.3 is 10.1 Å². The lowest BCUT2D eigenvalue weighted by Gasteiger charge is -2.16. The maximum Gasteiger partial charge on any atom is 0.262 e. The molecule has 104 valence electrons. The fourth-order valence-corrected chi connectivity index (χ4v) is 2.16. The van der Waals surface area contributed by atoms with E-state index in [1.807, 2.05) is 24.3 Å². The fraction of sp³-hybridized carbons (Fsp3) is 0.0556. The quantitative estimate of drug-likeness (QED) is 0.677. The number of nitrogens with one attached hydrogen (secondary N) is 1. The third-order valence-corrected chi connectivity index (χ3v) is 3.18. The zero-order valence-corrected chi connectivity index (χ0v) is 11.5. The molecule has 4 rings (SSSR count). The molecule has 0 bridgehead atoms. The molecule has 3 aromatic carbocycles. The number of hydrogen-bond acceptors (Lipinski definition) is 2. The first-order valence-electron chi connectivity index (χ1n) is 6.78. The van der Waals surface area contributed by atoms with Crippen LogP contribution in [-0.2, 0) is 4.79 Å². The minimum atomic E-state index is -0.0938. The number of carbonyl (C=O) groups is 1. The van der Waals surface area contributed by atoms with Gasteiger partial charge in [-0.05, 0) is 22.9 Å². The highest BCUT2D eigenvalue weighted by molar-refractivity contribution is 5.95. The Kier molecular flexibility index (Phi) is 3.83. The van der Waals surface area contributed by atoms with Crippen molar-refractivity contribution < 1.29 is 9.53 Å². The van der Waals surface area contributed by atoms with Gasteiger partial charge in [-0.15, -0.1) is 0 Å². The Hall–Kier alpha value is -2.81. The van der Waals surface area contributed by atoms with Crippen LogP contribution in [0.3, 0.4) is 0 Å². The van der Waals surface area contributed by atoms with Crippen molar-refractivity contribution in [2.24, 2.45) is 0 Å². The lowest BCUT2D eigenvalue weighted by Crippen LogP contribution is -2.25. The molecule has 0 atom stereocenters. The third kappa shape index (κ3) is 3.20. The van der Waals surface area contributed by atoms with Crippen LogP contribution < -0.4 is 10.1 Å². The van der Waals surface area contributed by atoms with Gasteiger partial charge in [-0.3, -0.25) is 4.79 Å². The van der Waals surface area contributed by atoms with Gasteiger partial charge in [-0.25, -0.2) is 0 Å². The Morgan fingerprint density at radius 3 is 1.90 bits per heavy atom. The predicted octanol–water partition coefficient (Wildman–Crippen LogP) is 3.86. The van der Waals surface area contributed by atoms with Crippen molar-refractivity contribution in [1.29, 1.82) is 0 Å². The Balaban J connectivity index is 0.000000126. The molecule has 0 saturated heterocycles. The summed E-state index contributed by atoms with van der Waals surface area (Å²) in [6, 6.07) is 24.1. The van der Waals surface area contributed by atoms with E-state index in [9.17, 15) is 4.79 Å². The molecular weight excluding hydrogens is 262 g/mol. The van der Waals surface area contributed by atoms with E-state index in [0.29, 0.717) is 0 Å². The summed E-state index contributed by atoms with van der Waals surface area (Å²) >= 11 is 0. The Labute approximate surface area is 123 Å². The van der Waals surface area contributed by atoms with Crippen LogP contribution in [0.4, 0.5) is 5.69 Å². The van der Waals surface area contributed by atoms with Crippen molar-refractivity contribution in [2.45, 2.75) is 0 Å². The van der Waals surface area contributed by atoms with Crippen molar-refractivity contribution >= 4 is 22.4 Å². The molecule has 0 spiro atoms. The first-order chi connectivity index (χ1) is 10.3. The van der Waals surface area contributed by atoms with E-state index < -0.39 is 0 Å². The first kappa shape index (κ1) is 13.2. The average molecular weight is 277 g/mol. The number of amides is 1. The number of para-hydroxylation sites is 2. The predicted molar refractivity (Wildman–Crippen MR) is 84.5 cm³/mol. The maximum atomic E-state index is 10.8. The number of rotatable bonds is 0. The average Bonchev–Trinajstić information content (AvgIpc) is 2.55. The molecule has 21 heavy (non-hydrogen) atoms. The van der Waals surface area contributed by atoms with Gasteiger partial charge in [0, 0.05) is 0 Å². The minimum absolute atomic E-state index is 0.0938. The number of hydrogen-bond donors (Lipinski definition) is 1. The molecule has 0 aliphatic carbocycles. The van der Waals surface area contributed by atoms with Crippen molar-refractivity contribution in [3.8, 4) is 5.75 Å². The number of benzene rings is 3. The van der Waals surface area contributed by atoms with Gasteiger partial charge in [0.05, 0.1) is 5.69 Å². The van der Waals surface area contributed by atoms with Crippen LogP contribution in [0.1, 0.15) is 0 Å². The molecule has 1 amide bonds. The van der Waals surface area contributed by atoms with Gasteiger partial charge in [0.15, 0.2) is 6.61 Å². The van der Waals surface area contributed by atoms with Crippen molar-refractivity contribution in [3.05, 3.63) is 72.8 Å². The van der Waals surface area contributed by atoms with E-state index in [-0.39, 0.29) is 12.5 Å². The summed E-state index contributed by atoms with van der Waals surface area (Å²) in [4.78, 5) is 10.8.